The van der Waals surface area contributed by atoms with E-state index in [1.807, 2.05) is 12.1 Å². The van der Waals surface area contributed by atoms with Crippen LogP contribution in [0.1, 0.15) is 50.5 Å². The molecule has 1 amide bonds. The predicted molar refractivity (Wildman–Crippen MR) is 114 cm³/mol. The molecule has 3 aliphatic rings. The maximum atomic E-state index is 13.9. The van der Waals surface area contributed by atoms with Crippen LogP contribution in [0.2, 0.25) is 0 Å². The van der Waals surface area contributed by atoms with Gasteiger partial charge < -0.3 is 14.4 Å². The molecule has 5 nitrogen and oxygen atoms in total. The van der Waals surface area contributed by atoms with Gasteiger partial charge in [0, 0.05) is 32.7 Å². The fourth-order valence-corrected chi connectivity index (χ4v) is 5.54. The van der Waals surface area contributed by atoms with E-state index in [-0.39, 0.29) is 5.41 Å². The van der Waals surface area contributed by atoms with Crippen molar-refractivity contribution >= 4 is 5.91 Å². The molecule has 29 heavy (non-hydrogen) atoms. The molecule has 1 aliphatic carbocycles. The van der Waals surface area contributed by atoms with Crippen molar-refractivity contribution < 1.29 is 14.3 Å². The third-order valence-electron chi connectivity index (χ3n) is 7.19. The number of morpholine rings is 1. The van der Waals surface area contributed by atoms with E-state index in [1.54, 1.807) is 7.11 Å². The van der Waals surface area contributed by atoms with Gasteiger partial charge in [-0.15, -0.1) is 0 Å². The highest BCUT2D eigenvalue weighted by Gasteiger charge is 2.44. The second-order valence-electron chi connectivity index (χ2n) is 9.04. The van der Waals surface area contributed by atoms with Gasteiger partial charge in [-0.1, -0.05) is 31.4 Å². The predicted octanol–water partition coefficient (Wildman–Crippen LogP) is 3.47. The number of carbonyl (C=O) groups excluding carboxylic acids is 1. The minimum absolute atomic E-state index is 0.342. The van der Waals surface area contributed by atoms with Crippen LogP contribution in [0.25, 0.3) is 0 Å². The van der Waals surface area contributed by atoms with E-state index in [0.29, 0.717) is 11.8 Å². The highest BCUT2D eigenvalue weighted by Crippen LogP contribution is 2.42. The number of hydrogen-bond acceptors (Lipinski definition) is 4. The molecule has 0 aromatic heterocycles. The van der Waals surface area contributed by atoms with Crippen LogP contribution in [0, 0.1) is 5.92 Å². The third kappa shape index (κ3) is 4.61. The average molecular weight is 401 g/mol. The Balaban J connectivity index is 1.49. The van der Waals surface area contributed by atoms with Crippen LogP contribution >= 0.6 is 0 Å². The summed E-state index contributed by atoms with van der Waals surface area (Å²) in [6.07, 6.45) is 7.83. The molecule has 5 heteroatoms. The largest absolute Gasteiger partial charge is 0.497 e. The molecule has 1 aromatic rings. The summed E-state index contributed by atoms with van der Waals surface area (Å²) in [5.41, 5.74) is 0.837. The Morgan fingerprint density at radius 3 is 2.48 bits per heavy atom. The van der Waals surface area contributed by atoms with Gasteiger partial charge in [-0.05, 0) is 49.3 Å². The number of amides is 1. The Morgan fingerprint density at radius 1 is 1.07 bits per heavy atom. The molecule has 0 N–H and O–H groups in total. The number of ether oxygens (including phenoxy) is 2. The van der Waals surface area contributed by atoms with Gasteiger partial charge in [0.1, 0.15) is 5.75 Å². The van der Waals surface area contributed by atoms with Crippen molar-refractivity contribution in [2.45, 2.75) is 50.4 Å². The highest BCUT2D eigenvalue weighted by atomic mass is 16.5. The van der Waals surface area contributed by atoms with E-state index in [0.717, 1.165) is 83.8 Å². The fourth-order valence-electron chi connectivity index (χ4n) is 5.54. The normalized spacial score (nSPS) is 25.6. The third-order valence-corrected chi connectivity index (χ3v) is 7.19. The second-order valence-corrected chi connectivity index (χ2v) is 9.04. The van der Waals surface area contributed by atoms with E-state index in [2.05, 4.69) is 21.9 Å². The first-order chi connectivity index (χ1) is 14.2. The maximum absolute atomic E-state index is 13.9. The summed E-state index contributed by atoms with van der Waals surface area (Å²) in [7, 11) is 1.69. The first-order valence-corrected chi connectivity index (χ1v) is 11.5. The van der Waals surface area contributed by atoms with Crippen molar-refractivity contribution in [2.75, 3.05) is 53.0 Å². The quantitative estimate of drug-likeness (QED) is 0.759. The van der Waals surface area contributed by atoms with Crippen LogP contribution in [0.3, 0.4) is 0 Å². The zero-order chi connectivity index (χ0) is 20.1. The van der Waals surface area contributed by atoms with Gasteiger partial charge in [0.15, 0.2) is 0 Å². The Labute approximate surface area is 175 Å². The number of rotatable bonds is 5. The molecule has 0 spiro atoms. The summed E-state index contributed by atoms with van der Waals surface area (Å²) in [4.78, 5) is 18.6. The van der Waals surface area contributed by atoms with Gasteiger partial charge in [0.2, 0.25) is 5.91 Å². The summed E-state index contributed by atoms with van der Waals surface area (Å²) in [5.74, 6) is 1.81. The monoisotopic (exact) mass is 400 g/mol. The molecule has 1 unspecified atom stereocenters. The molecule has 2 heterocycles. The second kappa shape index (κ2) is 9.48. The lowest BCUT2D eigenvalue weighted by Crippen LogP contribution is -2.52. The zero-order valence-electron chi connectivity index (χ0n) is 17.9. The van der Waals surface area contributed by atoms with Crippen LogP contribution < -0.4 is 4.74 Å². The van der Waals surface area contributed by atoms with Crippen molar-refractivity contribution in [1.29, 1.82) is 0 Å². The van der Waals surface area contributed by atoms with Gasteiger partial charge >= 0.3 is 0 Å². The standard InChI is InChI=1S/C24H36N2O3/c1-28-22-9-7-21(8-10-22)24(11-3-2-4-12-24)23(27)26-13-5-6-20(19-26)18-25-14-16-29-17-15-25/h7-10,20H,2-6,11-19H2,1H3. The van der Waals surface area contributed by atoms with Gasteiger partial charge in [0.05, 0.1) is 25.7 Å². The summed E-state index contributed by atoms with van der Waals surface area (Å²) in [5, 5.41) is 0. The van der Waals surface area contributed by atoms with E-state index in [4.69, 9.17) is 9.47 Å². The highest BCUT2D eigenvalue weighted by molar-refractivity contribution is 5.88. The summed E-state index contributed by atoms with van der Waals surface area (Å²) in [6.45, 7) is 6.67. The van der Waals surface area contributed by atoms with Gasteiger partial charge in [0.25, 0.3) is 0 Å². The number of benzene rings is 1. The lowest BCUT2D eigenvalue weighted by atomic mass is 9.68. The molecule has 2 saturated heterocycles. The smallest absolute Gasteiger partial charge is 0.233 e. The van der Waals surface area contributed by atoms with E-state index >= 15 is 0 Å². The molecule has 3 fully saturated rings. The van der Waals surface area contributed by atoms with Crippen molar-refractivity contribution in [3.05, 3.63) is 29.8 Å². The van der Waals surface area contributed by atoms with Crippen LogP contribution in [0.4, 0.5) is 0 Å². The van der Waals surface area contributed by atoms with E-state index < -0.39 is 0 Å². The summed E-state index contributed by atoms with van der Waals surface area (Å²) in [6, 6.07) is 8.27. The summed E-state index contributed by atoms with van der Waals surface area (Å²) < 4.78 is 10.8. The van der Waals surface area contributed by atoms with Gasteiger partial charge in [-0.2, -0.15) is 0 Å². The lowest BCUT2D eigenvalue weighted by Gasteiger charge is -2.43. The lowest BCUT2D eigenvalue weighted by molar-refractivity contribution is -0.141. The first kappa shape index (κ1) is 20.7. The zero-order valence-corrected chi connectivity index (χ0v) is 17.9. The first-order valence-electron chi connectivity index (χ1n) is 11.5. The van der Waals surface area contributed by atoms with Gasteiger partial charge in [-0.3, -0.25) is 9.69 Å². The van der Waals surface area contributed by atoms with Gasteiger partial charge in [-0.25, -0.2) is 0 Å². The average Bonchev–Trinajstić information content (AvgIpc) is 2.80. The number of piperidine rings is 1. The Hall–Kier alpha value is -1.59. The minimum Gasteiger partial charge on any atom is -0.497 e. The molecule has 160 valence electrons. The molecule has 0 radical (unpaired) electrons. The number of likely N-dealkylation sites (tertiary alicyclic amines) is 1. The number of nitrogens with zero attached hydrogens (tertiary/aromatic N) is 2. The van der Waals surface area contributed by atoms with Crippen LogP contribution in [-0.4, -0.2) is 68.8 Å². The number of methoxy groups -OCH3 is 1. The SMILES string of the molecule is COc1ccc(C2(C(=O)N3CCCC(CN4CCOCC4)C3)CCCCC2)cc1. The van der Waals surface area contributed by atoms with Crippen molar-refractivity contribution in [3.63, 3.8) is 0 Å². The molecule has 2 aliphatic heterocycles. The van der Waals surface area contributed by atoms with E-state index in [9.17, 15) is 4.79 Å². The molecule has 1 atom stereocenters. The van der Waals surface area contributed by atoms with Crippen molar-refractivity contribution in [3.8, 4) is 5.75 Å². The Bertz CT molecular complexity index is 663. The minimum atomic E-state index is -0.342. The molecular weight excluding hydrogens is 364 g/mol. The molecule has 1 saturated carbocycles. The number of hydrogen-bond donors (Lipinski definition) is 0. The van der Waals surface area contributed by atoms with Crippen molar-refractivity contribution in [2.24, 2.45) is 5.92 Å². The Kier molecular flexibility index (Phi) is 6.76. The maximum Gasteiger partial charge on any atom is 0.233 e. The van der Waals surface area contributed by atoms with Crippen molar-refractivity contribution in [1.82, 2.24) is 9.80 Å². The Morgan fingerprint density at radius 2 is 1.79 bits per heavy atom. The topological polar surface area (TPSA) is 42.0 Å². The van der Waals surface area contributed by atoms with Crippen LogP contribution in [0.15, 0.2) is 24.3 Å². The van der Waals surface area contributed by atoms with Crippen LogP contribution in [-0.2, 0) is 14.9 Å². The molecule has 0 bridgehead atoms. The van der Waals surface area contributed by atoms with E-state index in [1.165, 1.54) is 18.4 Å². The van der Waals surface area contributed by atoms with Crippen LogP contribution in [0.5, 0.6) is 5.75 Å². The molecular formula is C24H36N2O3. The number of carbonyl (C=O) groups is 1. The summed E-state index contributed by atoms with van der Waals surface area (Å²) >= 11 is 0. The fraction of sp³-hybridized carbons (Fsp3) is 0.708. The molecule has 1 aromatic carbocycles. The molecule has 4 rings (SSSR count).